The monoisotopic (exact) mass is 335 g/mol. The van der Waals surface area contributed by atoms with E-state index >= 15 is 0 Å². The van der Waals surface area contributed by atoms with Crippen molar-refractivity contribution in [3.8, 4) is 0 Å². The Morgan fingerprint density at radius 1 is 1.16 bits per heavy atom. The summed E-state index contributed by atoms with van der Waals surface area (Å²) < 4.78 is 0.934. The van der Waals surface area contributed by atoms with Crippen molar-refractivity contribution >= 4 is 40.2 Å². The second-order valence-electron chi connectivity index (χ2n) is 4.21. The van der Waals surface area contributed by atoms with Gasteiger partial charge in [-0.1, -0.05) is 52.3 Å². The molecule has 0 fully saturated rings. The van der Waals surface area contributed by atoms with Crippen LogP contribution >= 0.6 is 28.6 Å². The first-order valence-electron chi connectivity index (χ1n) is 5.93. The third-order valence-electron chi connectivity index (χ3n) is 2.67. The van der Waals surface area contributed by atoms with Crippen molar-refractivity contribution in [2.75, 3.05) is 5.32 Å². The summed E-state index contributed by atoms with van der Waals surface area (Å²) in [6, 6.07) is 17.4. The fourth-order valence-corrected chi connectivity index (χ4v) is 2.40. The van der Waals surface area contributed by atoms with E-state index in [0.717, 1.165) is 15.7 Å². The highest BCUT2D eigenvalue weighted by Gasteiger charge is 2.14. The molecule has 0 radical (unpaired) electrons. The molecule has 98 valence electrons. The number of amides is 1. The van der Waals surface area contributed by atoms with Gasteiger partial charge in [0.25, 0.3) is 0 Å². The Hall–Kier alpha value is -1.26. The largest absolute Gasteiger partial charge is 0.325 e. The molecular formula is C15H14BrNOS. The van der Waals surface area contributed by atoms with Gasteiger partial charge in [0.1, 0.15) is 0 Å². The third-order valence-corrected chi connectivity index (χ3v) is 3.58. The van der Waals surface area contributed by atoms with E-state index in [1.165, 1.54) is 0 Å². The Balaban J connectivity index is 1.96. The predicted octanol–water partition coefficient (Wildman–Crippen LogP) is 3.93. The normalized spacial score (nSPS) is 11.9. The van der Waals surface area contributed by atoms with Crippen LogP contribution in [0.3, 0.4) is 0 Å². The van der Waals surface area contributed by atoms with Crippen LogP contribution in [0.2, 0.25) is 0 Å². The number of carbonyl (C=O) groups excluding carboxylic acids is 1. The van der Waals surface area contributed by atoms with Crippen LogP contribution in [0.5, 0.6) is 0 Å². The Bertz CT molecular complexity index is 559. The van der Waals surface area contributed by atoms with Crippen LogP contribution in [0, 0.1) is 0 Å². The van der Waals surface area contributed by atoms with Crippen LogP contribution in [0.15, 0.2) is 59.1 Å². The Morgan fingerprint density at radius 2 is 1.89 bits per heavy atom. The minimum Gasteiger partial charge on any atom is -0.325 e. The number of thiol groups is 1. The highest BCUT2D eigenvalue weighted by molar-refractivity contribution is 9.10. The fraction of sp³-hybridized carbons (Fsp3) is 0.133. The molecule has 1 atom stereocenters. The molecule has 2 aromatic carbocycles. The SMILES string of the molecule is O=C(Nc1cccc(Br)c1)C(S)Cc1ccccc1. The van der Waals surface area contributed by atoms with Crippen LogP contribution in [-0.2, 0) is 11.2 Å². The minimum atomic E-state index is -0.360. The molecule has 0 heterocycles. The number of hydrogen-bond acceptors (Lipinski definition) is 2. The number of hydrogen-bond donors (Lipinski definition) is 2. The van der Waals surface area contributed by atoms with Crippen molar-refractivity contribution in [2.45, 2.75) is 11.7 Å². The maximum absolute atomic E-state index is 12.0. The zero-order valence-corrected chi connectivity index (χ0v) is 12.7. The van der Waals surface area contributed by atoms with E-state index in [4.69, 9.17) is 0 Å². The molecule has 19 heavy (non-hydrogen) atoms. The molecule has 0 saturated carbocycles. The second-order valence-corrected chi connectivity index (χ2v) is 5.74. The van der Waals surface area contributed by atoms with Gasteiger partial charge in [0.2, 0.25) is 5.91 Å². The quantitative estimate of drug-likeness (QED) is 0.814. The molecule has 2 aromatic rings. The lowest BCUT2D eigenvalue weighted by atomic mass is 10.1. The van der Waals surface area contributed by atoms with Crippen molar-refractivity contribution in [3.05, 3.63) is 64.6 Å². The smallest absolute Gasteiger partial charge is 0.237 e. The third kappa shape index (κ3) is 4.40. The van der Waals surface area contributed by atoms with Gasteiger partial charge >= 0.3 is 0 Å². The van der Waals surface area contributed by atoms with E-state index in [0.29, 0.717) is 6.42 Å². The molecule has 1 unspecified atom stereocenters. The molecule has 0 aromatic heterocycles. The van der Waals surface area contributed by atoms with Gasteiger partial charge in [-0.3, -0.25) is 4.79 Å². The van der Waals surface area contributed by atoms with Gasteiger partial charge in [0, 0.05) is 10.2 Å². The number of halogens is 1. The summed E-state index contributed by atoms with van der Waals surface area (Å²) in [5.41, 5.74) is 1.87. The van der Waals surface area contributed by atoms with Gasteiger partial charge in [0.05, 0.1) is 5.25 Å². The summed E-state index contributed by atoms with van der Waals surface area (Å²) in [6.45, 7) is 0. The molecule has 2 rings (SSSR count). The van der Waals surface area contributed by atoms with Crippen molar-refractivity contribution in [2.24, 2.45) is 0 Å². The van der Waals surface area contributed by atoms with Crippen molar-refractivity contribution in [1.82, 2.24) is 0 Å². The summed E-state index contributed by atoms with van der Waals surface area (Å²) in [4.78, 5) is 12.0. The zero-order chi connectivity index (χ0) is 13.7. The second kappa shape index (κ2) is 6.78. The van der Waals surface area contributed by atoms with E-state index in [1.807, 2.05) is 54.6 Å². The number of anilines is 1. The molecule has 0 aliphatic heterocycles. The van der Waals surface area contributed by atoms with Crippen molar-refractivity contribution in [3.63, 3.8) is 0 Å². The molecule has 1 N–H and O–H groups in total. The van der Waals surface area contributed by atoms with E-state index in [2.05, 4.69) is 33.9 Å². The number of benzene rings is 2. The van der Waals surface area contributed by atoms with E-state index in [-0.39, 0.29) is 11.2 Å². The van der Waals surface area contributed by atoms with Crippen LogP contribution in [0.1, 0.15) is 5.56 Å². The van der Waals surface area contributed by atoms with Gasteiger partial charge in [0.15, 0.2) is 0 Å². The predicted molar refractivity (Wildman–Crippen MR) is 85.7 cm³/mol. The molecule has 1 amide bonds. The van der Waals surface area contributed by atoms with E-state index in [1.54, 1.807) is 0 Å². The summed E-state index contributed by atoms with van der Waals surface area (Å²) in [5, 5.41) is 2.50. The summed E-state index contributed by atoms with van der Waals surface area (Å²) in [7, 11) is 0. The molecule has 0 aliphatic carbocycles. The molecule has 0 spiro atoms. The standard InChI is InChI=1S/C15H14BrNOS/c16-12-7-4-8-13(10-12)17-15(18)14(19)9-11-5-2-1-3-6-11/h1-8,10,14,19H,9H2,(H,17,18). The van der Waals surface area contributed by atoms with Gasteiger partial charge in [-0.2, -0.15) is 12.6 Å². The fourth-order valence-electron chi connectivity index (χ4n) is 1.72. The maximum Gasteiger partial charge on any atom is 0.237 e. The first kappa shape index (κ1) is 14.2. The summed E-state index contributed by atoms with van der Waals surface area (Å²) in [5.74, 6) is -0.0923. The number of rotatable bonds is 4. The Kier molecular flexibility index (Phi) is 5.05. The highest BCUT2D eigenvalue weighted by atomic mass is 79.9. The van der Waals surface area contributed by atoms with Crippen LogP contribution in [0.25, 0.3) is 0 Å². The van der Waals surface area contributed by atoms with Crippen LogP contribution in [-0.4, -0.2) is 11.2 Å². The average Bonchev–Trinajstić information content (AvgIpc) is 2.40. The molecule has 0 saturated heterocycles. The van der Waals surface area contributed by atoms with Crippen molar-refractivity contribution in [1.29, 1.82) is 0 Å². The van der Waals surface area contributed by atoms with Crippen LogP contribution in [0.4, 0.5) is 5.69 Å². The molecule has 0 bridgehead atoms. The lowest BCUT2D eigenvalue weighted by Gasteiger charge is -2.11. The lowest BCUT2D eigenvalue weighted by Crippen LogP contribution is -2.25. The minimum absolute atomic E-state index is 0.0923. The first-order chi connectivity index (χ1) is 9.15. The number of carbonyl (C=O) groups is 1. The number of nitrogens with one attached hydrogen (secondary N) is 1. The molecule has 0 aliphatic rings. The Morgan fingerprint density at radius 3 is 2.58 bits per heavy atom. The summed E-state index contributed by atoms with van der Waals surface area (Å²) in [6.07, 6.45) is 0.615. The first-order valence-corrected chi connectivity index (χ1v) is 7.24. The maximum atomic E-state index is 12.0. The Labute approximate surface area is 126 Å². The zero-order valence-electron chi connectivity index (χ0n) is 10.2. The van der Waals surface area contributed by atoms with E-state index in [9.17, 15) is 4.79 Å². The van der Waals surface area contributed by atoms with Gasteiger partial charge in [-0.25, -0.2) is 0 Å². The average molecular weight is 336 g/mol. The van der Waals surface area contributed by atoms with E-state index < -0.39 is 0 Å². The molecular weight excluding hydrogens is 322 g/mol. The lowest BCUT2D eigenvalue weighted by molar-refractivity contribution is -0.115. The van der Waals surface area contributed by atoms with Crippen LogP contribution < -0.4 is 5.32 Å². The summed E-state index contributed by atoms with van der Waals surface area (Å²) >= 11 is 7.74. The van der Waals surface area contributed by atoms with Gasteiger partial charge in [-0.05, 0) is 30.2 Å². The van der Waals surface area contributed by atoms with Gasteiger partial charge in [-0.15, -0.1) is 0 Å². The van der Waals surface area contributed by atoms with Gasteiger partial charge < -0.3 is 5.32 Å². The highest BCUT2D eigenvalue weighted by Crippen LogP contribution is 2.17. The molecule has 4 heteroatoms. The topological polar surface area (TPSA) is 29.1 Å². The van der Waals surface area contributed by atoms with Crippen molar-refractivity contribution < 1.29 is 4.79 Å². The molecule has 2 nitrogen and oxygen atoms in total.